The van der Waals surface area contributed by atoms with Gasteiger partial charge in [0.25, 0.3) is 0 Å². The van der Waals surface area contributed by atoms with Gasteiger partial charge in [-0.05, 0) is 42.2 Å². The van der Waals surface area contributed by atoms with Crippen LogP contribution in [0.15, 0.2) is 47.4 Å². The van der Waals surface area contributed by atoms with E-state index in [1.807, 2.05) is 18.2 Å². The van der Waals surface area contributed by atoms with Gasteiger partial charge in [0, 0.05) is 11.6 Å². The number of hydrogen-bond acceptors (Lipinski definition) is 3. The van der Waals surface area contributed by atoms with E-state index in [2.05, 4.69) is 6.07 Å². The van der Waals surface area contributed by atoms with Gasteiger partial charge in [-0.25, -0.2) is 8.42 Å². The summed E-state index contributed by atoms with van der Waals surface area (Å²) in [6, 6.07) is 13.1. The lowest BCUT2D eigenvalue weighted by Gasteiger charge is -2.30. The van der Waals surface area contributed by atoms with Gasteiger partial charge in [0.15, 0.2) is 9.84 Å². The molecule has 4 heteroatoms. The second-order valence-electron chi connectivity index (χ2n) is 5.35. The average Bonchev–Trinajstić information content (AvgIpc) is 2.39. The molecule has 0 saturated heterocycles. The van der Waals surface area contributed by atoms with E-state index in [1.165, 1.54) is 5.56 Å². The fourth-order valence-electron chi connectivity index (χ4n) is 2.83. The topological polar surface area (TPSA) is 60.2 Å². The molecule has 1 aliphatic carbocycles. The highest BCUT2D eigenvalue weighted by Gasteiger charge is 2.31. The molecule has 104 valence electrons. The summed E-state index contributed by atoms with van der Waals surface area (Å²) < 4.78 is 25.1. The Bertz CT molecular complexity index is 766. The van der Waals surface area contributed by atoms with Crippen LogP contribution in [-0.4, -0.2) is 14.2 Å². The molecule has 0 aromatic heterocycles. The van der Waals surface area contributed by atoms with Gasteiger partial charge in [0.2, 0.25) is 0 Å². The Balaban J connectivity index is 1.90. The number of nitrogens with two attached hydrogens (primary N) is 1. The summed E-state index contributed by atoms with van der Waals surface area (Å²) in [7, 11) is -3.30. The summed E-state index contributed by atoms with van der Waals surface area (Å²) in [6.07, 6.45) is 0.844. The standard InChI is InChI=1S/C16H17NO2S/c1-11-15(17)7-4-8-16(11)20(18,19)10-13-9-12-5-2-3-6-14(12)13/h2-8,13H,9-10,17H2,1H3. The zero-order chi connectivity index (χ0) is 14.3. The van der Waals surface area contributed by atoms with Gasteiger partial charge in [-0.1, -0.05) is 30.3 Å². The molecule has 0 heterocycles. The maximum absolute atomic E-state index is 12.6. The third-order valence-corrected chi connectivity index (χ3v) is 6.00. The van der Waals surface area contributed by atoms with Crippen molar-refractivity contribution < 1.29 is 8.42 Å². The van der Waals surface area contributed by atoms with Crippen molar-refractivity contribution in [1.29, 1.82) is 0 Å². The first-order valence-electron chi connectivity index (χ1n) is 6.64. The van der Waals surface area contributed by atoms with Gasteiger partial charge in [-0.2, -0.15) is 0 Å². The lowest BCUT2D eigenvalue weighted by Crippen LogP contribution is -2.25. The predicted octanol–water partition coefficient (Wildman–Crippen LogP) is 2.69. The summed E-state index contributed by atoms with van der Waals surface area (Å²) in [5.74, 6) is 0.269. The summed E-state index contributed by atoms with van der Waals surface area (Å²) in [6.45, 7) is 1.76. The van der Waals surface area contributed by atoms with E-state index in [9.17, 15) is 8.42 Å². The maximum atomic E-state index is 12.6. The Hall–Kier alpha value is -1.81. The van der Waals surface area contributed by atoms with E-state index in [-0.39, 0.29) is 11.7 Å². The molecule has 3 nitrogen and oxygen atoms in total. The van der Waals surface area contributed by atoms with Crippen LogP contribution in [0.2, 0.25) is 0 Å². The van der Waals surface area contributed by atoms with Crippen molar-refractivity contribution in [3.63, 3.8) is 0 Å². The van der Waals surface area contributed by atoms with Gasteiger partial charge in [0.1, 0.15) is 0 Å². The minimum Gasteiger partial charge on any atom is -0.398 e. The van der Waals surface area contributed by atoms with Crippen LogP contribution in [0.3, 0.4) is 0 Å². The van der Waals surface area contributed by atoms with E-state index in [0.717, 1.165) is 12.0 Å². The molecule has 0 fully saturated rings. The second kappa shape index (κ2) is 4.63. The van der Waals surface area contributed by atoms with Crippen molar-refractivity contribution in [3.05, 3.63) is 59.2 Å². The highest BCUT2D eigenvalue weighted by molar-refractivity contribution is 7.91. The van der Waals surface area contributed by atoms with Crippen molar-refractivity contribution in [2.75, 3.05) is 11.5 Å². The highest BCUT2D eigenvalue weighted by atomic mass is 32.2. The van der Waals surface area contributed by atoms with Crippen molar-refractivity contribution >= 4 is 15.5 Å². The zero-order valence-corrected chi connectivity index (χ0v) is 12.2. The van der Waals surface area contributed by atoms with Gasteiger partial charge in [-0.3, -0.25) is 0 Å². The number of fused-ring (bicyclic) bond motifs is 1. The Morgan fingerprint density at radius 1 is 1.15 bits per heavy atom. The third kappa shape index (κ3) is 2.10. The fraction of sp³-hybridized carbons (Fsp3) is 0.250. The fourth-order valence-corrected chi connectivity index (χ4v) is 4.71. The molecule has 0 amide bonds. The van der Waals surface area contributed by atoms with Gasteiger partial charge >= 0.3 is 0 Å². The van der Waals surface area contributed by atoms with E-state index in [0.29, 0.717) is 16.1 Å². The van der Waals surface area contributed by atoms with Gasteiger partial charge in [-0.15, -0.1) is 0 Å². The molecule has 0 saturated carbocycles. The monoisotopic (exact) mass is 287 g/mol. The summed E-state index contributed by atoms with van der Waals surface area (Å²) in [5, 5.41) is 0. The van der Waals surface area contributed by atoms with Gasteiger partial charge in [0.05, 0.1) is 10.6 Å². The molecule has 2 aromatic carbocycles. The minimum absolute atomic E-state index is 0.108. The number of anilines is 1. The largest absolute Gasteiger partial charge is 0.398 e. The summed E-state index contributed by atoms with van der Waals surface area (Å²) >= 11 is 0. The van der Waals surface area contributed by atoms with Crippen LogP contribution in [-0.2, 0) is 16.3 Å². The first-order valence-corrected chi connectivity index (χ1v) is 8.30. The van der Waals surface area contributed by atoms with Crippen LogP contribution in [0.25, 0.3) is 0 Å². The molecule has 1 unspecified atom stereocenters. The van der Waals surface area contributed by atoms with Crippen molar-refractivity contribution in [3.8, 4) is 0 Å². The molecule has 1 aliphatic rings. The van der Waals surface area contributed by atoms with Crippen LogP contribution in [0.5, 0.6) is 0 Å². The van der Waals surface area contributed by atoms with Gasteiger partial charge < -0.3 is 5.73 Å². The van der Waals surface area contributed by atoms with Crippen molar-refractivity contribution in [2.45, 2.75) is 24.2 Å². The summed E-state index contributed by atoms with van der Waals surface area (Å²) in [4.78, 5) is 0.363. The van der Waals surface area contributed by atoms with Crippen LogP contribution < -0.4 is 5.73 Å². The third-order valence-electron chi connectivity index (χ3n) is 4.04. The molecular formula is C16H17NO2S. The zero-order valence-electron chi connectivity index (χ0n) is 11.3. The first kappa shape index (κ1) is 13.2. The number of sulfone groups is 1. The molecule has 0 aliphatic heterocycles. The lowest BCUT2D eigenvalue weighted by molar-refractivity contribution is 0.576. The van der Waals surface area contributed by atoms with Crippen molar-refractivity contribution in [1.82, 2.24) is 0 Å². The van der Waals surface area contributed by atoms with Crippen LogP contribution >= 0.6 is 0 Å². The van der Waals surface area contributed by atoms with Crippen LogP contribution in [0.1, 0.15) is 22.6 Å². The smallest absolute Gasteiger partial charge is 0.179 e. The normalized spacial score (nSPS) is 17.4. The maximum Gasteiger partial charge on any atom is 0.179 e. The Morgan fingerprint density at radius 2 is 1.90 bits per heavy atom. The Morgan fingerprint density at radius 3 is 2.65 bits per heavy atom. The molecule has 1 atom stereocenters. The lowest BCUT2D eigenvalue weighted by atomic mass is 9.79. The highest BCUT2D eigenvalue weighted by Crippen LogP contribution is 2.37. The van der Waals surface area contributed by atoms with E-state index < -0.39 is 9.84 Å². The molecule has 20 heavy (non-hydrogen) atoms. The van der Waals surface area contributed by atoms with E-state index >= 15 is 0 Å². The van der Waals surface area contributed by atoms with Crippen LogP contribution in [0, 0.1) is 6.92 Å². The molecule has 0 bridgehead atoms. The van der Waals surface area contributed by atoms with E-state index in [4.69, 9.17) is 5.73 Å². The van der Waals surface area contributed by atoms with Crippen LogP contribution in [0.4, 0.5) is 5.69 Å². The molecule has 2 N–H and O–H groups in total. The molecule has 3 rings (SSSR count). The minimum atomic E-state index is -3.30. The number of hydrogen-bond donors (Lipinski definition) is 1. The van der Waals surface area contributed by atoms with E-state index in [1.54, 1.807) is 25.1 Å². The number of rotatable bonds is 3. The SMILES string of the molecule is Cc1c(N)cccc1S(=O)(=O)CC1Cc2ccccc21. The quantitative estimate of drug-likeness (QED) is 0.883. The average molecular weight is 287 g/mol. The summed E-state index contributed by atoms with van der Waals surface area (Å²) in [5.41, 5.74) is 9.41. The first-order chi connectivity index (χ1) is 9.49. The Kier molecular flexibility index (Phi) is 3.05. The molecular weight excluding hydrogens is 270 g/mol. The number of nitrogen functional groups attached to an aromatic ring is 1. The predicted molar refractivity (Wildman–Crippen MR) is 80.5 cm³/mol. The molecule has 2 aromatic rings. The molecule has 0 spiro atoms. The number of benzene rings is 2. The van der Waals surface area contributed by atoms with Crippen molar-refractivity contribution in [2.24, 2.45) is 0 Å². The Labute approximate surface area is 119 Å². The molecule has 0 radical (unpaired) electrons. The second-order valence-corrected chi connectivity index (χ2v) is 7.35.